The number of anilines is 1. The predicted molar refractivity (Wildman–Crippen MR) is 82.1 cm³/mol. The van der Waals surface area contributed by atoms with Crippen LogP contribution in [-0.2, 0) is 0 Å². The summed E-state index contributed by atoms with van der Waals surface area (Å²) in [7, 11) is 0. The van der Waals surface area contributed by atoms with Crippen LogP contribution in [0.3, 0.4) is 0 Å². The lowest BCUT2D eigenvalue weighted by atomic mass is 10.0. The van der Waals surface area contributed by atoms with Gasteiger partial charge in [-0.2, -0.15) is 4.98 Å². The second-order valence-electron chi connectivity index (χ2n) is 6.25. The van der Waals surface area contributed by atoms with Gasteiger partial charge in [-0.05, 0) is 36.8 Å². The van der Waals surface area contributed by atoms with Gasteiger partial charge in [-0.15, -0.1) is 0 Å². The molecule has 0 radical (unpaired) electrons. The van der Waals surface area contributed by atoms with E-state index in [-0.39, 0.29) is 5.92 Å². The van der Waals surface area contributed by atoms with Crippen molar-refractivity contribution in [3.05, 3.63) is 24.2 Å². The summed E-state index contributed by atoms with van der Waals surface area (Å²) in [6, 6.07) is 3.87. The molecule has 1 N–H and O–H groups in total. The first-order valence-corrected chi connectivity index (χ1v) is 7.66. The van der Waals surface area contributed by atoms with Crippen molar-refractivity contribution in [2.75, 3.05) is 11.9 Å². The summed E-state index contributed by atoms with van der Waals surface area (Å²) >= 11 is 0. The quantitative estimate of drug-likeness (QED) is 0.873. The highest BCUT2D eigenvalue weighted by Gasteiger charge is 2.40. The SMILES string of the molecule is CCC1(CNc2cc(-c3nc(C(C)C)no3)ccn2)CC1. The van der Waals surface area contributed by atoms with Gasteiger partial charge in [-0.25, -0.2) is 4.98 Å². The van der Waals surface area contributed by atoms with E-state index >= 15 is 0 Å². The summed E-state index contributed by atoms with van der Waals surface area (Å²) in [4.78, 5) is 8.80. The lowest BCUT2D eigenvalue weighted by Crippen LogP contribution is -2.15. The minimum atomic E-state index is 0.265. The van der Waals surface area contributed by atoms with Crippen molar-refractivity contribution in [3.8, 4) is 11.5 Å². The van der Waals surface area contributed by atoms with Crippen molar-refractivity contribution in [1.82, 2.24) is 15.1 Å². The summed E-state index contributed by atoms with van der Waals surface area (Å²) in [6.45, 7) is 7.34. The Morgan fingerprint density at radius 1 is 1.38 bits per heavy atom. The Morgan fingerprint density at radius 2 is 2.19 bits per heavy atom. The van der Waals surface area contributed by atoms with E-state index in [9.17, 15) is 0 Å². The van der Waals surface area contributed by atoms with E-state index in [2.05, 4.69) is 27.4 Å². The third kappa shape index (κ3) is 3.06. The summed E-state index contributed by atoms with van der Waals surface area (Å²) in [5.74, 6) is 2.43. The molecule has 3 rings (SSSR count). The maximum Gasteiger partial charge on any atom is 0.258 e. The highest BCUT2D eigenvalue weighted by Crippen LogP contribution is 2.48. The maximum absolute atomic E-state index is 5.33. The molecule has 0 amide bonds. The number of nitrogens with one attached hydrogen (secondary N) is 1. The summed E-state index contributed by atoms with van der Waals surface area (Å²) in [5, 5.41) is 7.44. The monoisotopic (exact) mass is 286 g/mol. The zero-order valence-corrected chi connectivity index (χ0v) is 12.9. The summed E-state index contributed by atoms with van der Waals surface area (Å²) in [6.07, 6.45) is 5.64. The molecular formula is C16H22N4O. The Labute approximate surface area is 125 Å². The molecular weight excluding hydrogens is 264 g/mol. The Morgan fingerprint density at radius 3 is 2.81 bits per heavy atom. The second-order valence-corrected chi connectivity index (χ2v) is 6.25. The van der Waals surface area contributed by atoms with E-state index in [1.165, 1.54) is 19.3 Å². The van der Waals surface area contributed by atoms with Gasteiger partial charge in [-0.1, -0.05) is 25.9 Å². The first-order chi connectivity index (χ1) is 10.1. The number of aromatic nitrogens is 3. The number of pyridine rings is 1. The van der Waals surface area contributed by atoms with Crippen LogP contribution in [0.25, 0.3) is 11.5 Å². The fourth-order valence-corrected chi connectivity index (χ4v) is 2.36. The van der Waals surface area contributed by atoms with Crippen LogP contribution in [0.15, 0.2) is 22.9 Å². The molecule has 0 spiro atoms. The van der Waals surface area contributed by atoms with Gasteiger partial charge in [0.15, 0.2) is 5.82 Å². The number of hydrogen-bond acceptors (Lipinski definition) is 5. The first-order valence-electron chi connectivity index (χ1n) is 7.66. The molecule has 0 aliphatic heterocycles. The Balaban J connectivity index is 1.73. The van der Waals surface area contributed by atoms with Crippen molar-refractivity contribution < 1.29 is 4.52 Å². The Bertz CT molecular complexity index is 616. The van der Waals surface area contributed by atoms with Gasteiger partial charge in [0.1, 0.15) is 5.82 Å². The van der Waals surface area contributed by atoms with Crippen LogP contribution >= 0.6 is 0 Å². The highest BCUT2D eigenvalue weighted by atomic mass is 16.5. The van der Waals surface area contributed by atoms with Gasteiger partial charge in [0, 0.05) is 24.2 Å². The first kappa shape index (κ1) is 14.0. The Hall–Kier alpha value is -1.91. The highest BCUT2D eigenvalue weighted by molar-refractivity contribution is 5.57. The summed E-state index contributed by atoms with van der Waals surface area (Å²) < 4.78 is 5.33. The number of rotatable bonds is 6. The van der Waals surface area contributed by atoms with Crippen LogP contribution in [0.4, 0.5) is 5.82 Å². The lowest BCUT2D eigenvalue weighted by molar-refractivity contribution is 0.419. The predicted octanol–water partition coefficient (Wildman–Crippen LogP) is 3.86. The average Bonchev–Trinajstić information content (AvgIpc) is 3.10. The largest absolute Gasteiger partial charge is 0.369 e. The summed E-state index contributed by atoms with van der Waals surface area (Å²) in [5.41, 5.74) is 1.40. The van der Waals surface area contributed by atoms with Crippen LogP contribution in [-0.4, -0.2) is 21.7 Å². The van der Waals surface area contributed by atoms with Gasteiger partial charge in [-0.3, -0.25) is 0 Å². The average molecular weight is 286 g/mol. The van der Waals surface area contributed by atoms with E-state index in [4.69, 9.17) is 4.52 Å². The molecule has 1 saturated carbocycles. The van der Waals surface area contributed by atoms with Crippen LogP contribution < -0.4 is 5.32 Å². The molecule has 2 aromatic rings. The maximum atomic E-state index is 5.33. The molecule has 0 unspecified atom stereocenters. The van der Waals surface area contributed by atoms with Gasteiger partial charge >= 0.3 is 0 Å². The van der Waals surface area contributed by atoms with Crippen molar-refractivity contribution in [3.63, 3.8) is 0 Å². The zero-order chi connectivity index (χ0) is 14.9. The van der Waals surface area contributed by atoms with Crippen molar-refractivity contribution in [2.45, 2.75) is 46.0 Å². The molecule has 1 fully saturated rings. The van der Waals surface area contributed by atoms with Gasteiger partial charge in [0.25, 0.3) is 5.89 Å². The number of hydrogen-bond donors (Lipinski definition) is 1. The van der Waals surface area contributed by atoms with Gasteiger partial charge in [0.05, 0.1) is 0 Å². The zero-order valence-electron chi connectivity index (χ0n) is 12.9. The molecule has 0 bridgehead atoms. The third-order valence-electron chi connectivity index (χ3n) is 4.32. The van der Waals surface area contributed by atoms with Crippen LogP contribution in [0.2, 0.25) is 0 Å². The molecule has 0 aromatic carbocycles. The smallest absolute Gasteiger partial charge is 0.258 e. The van der Waals surface area contributed by atoms with Crippen molar-refractivity contribution >= 4 is 5.82 Å². The molecule has 1 aliphatic carbocycles. The van der Waals surface area contributed by atoms with Gasteiger partial charge in [0.2, 0.25) is 0 Å². The molecule has 112 valence electrons. The minimum absolute atomic E-state index is 0.265. The molecule has 0 atom stereocenters. The van der Waals surface area contributed by atoms with Crippen LogP contribution in [0.1, 0.15) is 51.8 Å². The fourth-order valence-electron chi connectivity index (χ4n) is 2.36. The lowest BCUT2D eigenvalue weighted by Gasteiger charge is -2.13. The molecule has 21 heavy (non-hydrogen) atoms. The second kappa shape index (κ2) is 5.47. The van der Waals surface area contributed by atoms with E-state index in [1.807, 2.05) is 26.0 Å². The van der Waals surface area contributed by atoms with Crippen molar-refractivity contribution in [2.24, 2.45) is 5.41 Å². The minimum Gasteiger partial charge on any atom is -0.369 e. The normalized spacial score (nSPS) is 16.2. The topological polar surface area (TPSA) is 63.8 Å². The standard InChI is InChI=1S/C16H22N4O/c1-4-16(6-7-16)10-18-13-9-12(5-8-17-13)15-19-14(11(2)3)20-21-15/h5,8-9,11H,4,6-7,10H2,1-3H3,(H,17,18). The van der Waals surface area contributed by atoms with E-state index < -0.39 is 0 Å². The molecule has 1 aliphatic rings. The molecule has 2 aromatic heterocycles. The van der Waals surface area contributed by atoms with Gasteiger partial charge < -0.3 is 9.84 Å². The van der Waals surface area contributed by atoms with Crippen LogP contribution in [0.5, 0.6) is 0 Å². The fraction of sp³-hybridized carbons (Fsp3) is 0.562. The molecule has 2 heterocycles. The van der Waals surface area contributed by atoms with Crippen LogP contribution in [0, 0.1) is 5.41 Å². The van der Waals surface area contributed by atoms with E-state index in [1.54, 1.807) is 6.20 Å². The van der Waals surface area contributed by atoms with E-state index in [0.717, 1.165) is 23.8 Å². The van der Waals surface area contributed by atoms with Crippen molar-refractivity contribution in [1.29, 1.82) is 0 Å². The molecule has 5 heteroatoms. The number of nitrogens with zero attached hydrogens (tertiary/aromatic N) is 3. The Kier molecular flexibility index (Phi) is 3.66. The van der Waals surface area contributed by atoms with E-state index in [0.29, 0.717) is 11.3 Å². The third-order valence-corrected chi connectivity index (χ3v) is 4.32. The molecule has 0 saturated heterocycles. The molecule has 5 nitrogen and oxygen atoms in total.